The molecule has 2 atom stereocenters. The Morgan fingerprint density at radius 1 is 1.04 bits per heavy atom. The third kappa shape index (κ3) is 3.28. The van der Waals surface area contributed by atoms with Crippen molar-refractivity contribution in [2.75, 3.05) is 13.1 Å². The Hall–Kier alpha value is -1.97. The van der Waals surface area contributed by atoms with Crippen LogP contribution in [0.3, 0.4) is 0 Å². The number of likely N-dealkylation sites (tertiary alicyclic amines) is 1. The van der Waals surface area contributed by atoms with E-state index in [1.807, 2.05) is 23.1 Å². The van der Waals surface area contributed by atoms with E-state index in [2.05, 4.69) is 27.7 Å². The van der Waals surface area contributed by atoms with Crippen LogP contribution in [0.15, 0.2) is 18.2 Å². The summed E-state index contributed by atoms with van der Waals surface area (Å²) >= 11 is 0. The molecule has 3 rings (SSSR count). The largest absolute Gasteiger partial charge is 0.338 e. The van der Waals surface area contributed by atoms with E-state index in [9.17, 15) is 4.79 Å². The van der Waals surface area contributed by atoms with Crippen LogP contribution in [-0.2, 0) is 12.8 Å². The fourth-order valence-electron chi connectivity index (χ4n) is 3.84. The summed E-state index contributed by atoms with van der Waals surface area (Å²) in [7, 11) is 0. The molecule has 1 aliphatic rings. The first-order valence-corrected chi connectivity index (χ1v) is 9.10. The van der Waals surface area contributed by atoms with Crippen LogP contribution in [0.5, 0.6) is 0 Å². The quantitative estimate of drug-likeness (QED) is 0.860. The topological polar surface area (TPSA) is 46.1 Å². The van der Waals surface area contributed by atoms with Crippen LogP contribution >= 0.6 is 0 Å². The first-order chi connectivity index (χ1) is 11.5. The minimum absolute atomic E-state index is 0.120. The number of piperidine rings is 1. The summed E-state index contributed by atoms with van der Waals surface area (Å²) in [4.78, 5) is 24.3. The minimum atomic E-state index is 0.120. The van der Waals surface area contributed by atoms with Crippen LogP contribution in [-0.4, -0.2) is 33.9 Å². The Balaban J connectivity index is 1.93. The molecule has 4 heteroatoms. The molecule has 2 heterocycles. The van der Waals surface area contributed by atoms with Crippen LogP contribution in [0.2, 0.25) is 0 Å². The highest BCUT2D eigenvalue weighted by Gasteiger charge is 2.26. The molecule has 1 amide bonds. The van der Waals surface area contributed by atoms with Gasteiger partial charge >= 0.3 is 0 Å². The van der Waals surface area contributed by atoms with Crippen molar-refractivity contribution >= 4 is 16.9 Å². The van der Waals surface area contributed by atoms with Crippen LogP contribution in [0.25, 0.3) is 11.0 Å². The van der Waals surface area contributed by atoms with Crippen molar-refractivity contribution in [3.63, 3.8) is 0 Å². The molecule has 24 heavy (non-hydrogen) atoms. The summed E-state index contributed by atoms with van der Waals surface area (Å²) in [5.41, 5.74) is 4.52. The second kappa shape index (κ2) is 6.88. The van der Waals surface area contributed by atoms with E-state index in [0.29, 0.717) is 11.8 Å². The maximum atomic E-state index is 12.9. The monoisotopic (exact) mass is 325 g/mol. The number of carbonyl (C=O) groups excluding carboxylic acids is 1. The van der Waals surface area contributed by atoms with Gasteiger partial charge in [-0.2, -0.15) is 0 Å². The van der Waals surface area contributed by atoms with E-state index in [1.54, 1.807) is 0 Å². The van der Waals surface area contributed by atoms with Crippen molar-refractivity contribution in [1.29, 1.82) is 0 Å². The summed E-state index contributed by atoms with van der Waals surface area (Å²) in [6.45, 7) is 10.3. The van der Waals surface area contributed by atoms with Crippen LogP contribution in [0.4, 0.5) is 0 Å². The highest BCUT2D eigenvalue weighted by atomic mass is 16.2. The van der Waals surface area contributed by atoms with Gasteiger partial charge in [-0.3, -0.25) is 4.79 Å². The van der Waals surface area contributed by atoms with Crippen LogP contribution in [0, 0.1) is 11.8 Å². The van der Waals surface area contributed by atoms with Gasteiger partial charge in [0, 0.05) is 18.7 Å². The summed E-state index contributed by atoms with van der Waals surface area (Å²) < 4.78 is 0. The Kier molecular flexibility index (Phi) is 4.83. The highest BCUT2D eigenvalue weighted by molar-refractivity contribution is 5.97. The number of hydrogen-bond acceptors (Lipinski definition) is 3. The lowest BCUT2D eigenvalue weighted by Crippen LogP contribution is -2.42. The molecule has 0 spiro atoms. The number of carbonyl (C=O) groups is 1. The molecule has 2 aromatic rings. The number of aryl methyl sites for hydroxylation is 2. The van der Waals surface area contributed by atoms with Gasteiger partial charge in [0.05, 0.1) is 22.4 Å². The molecule has 0 radical (unpaired) electrons. The third-order valence-electron chi connectivity index (χ3n) is 4.89. The Labute approximate surface area is 144 Å². The van der Waals surface area contributed by atoms with Gasteiger partial charge in [-0.25, -0.2) is 9.97 Å². The second-order valence-corrected chi connectivity index (χ2v) is 7.18. The van der Waals surface area contributed by atoms with E-state index in [0.717, 1.165) is 53.9 Å². The molecule has 0 saturated carbocycles. The zero-order valence-electron chi connectivity index (χ0n) is 15.2. The molecule has 1 aliphatic heterocycles. The van der Waals surface area contributed by atoms with E-state index in [1.165, 1.54) is 6.42 Å². The fourth-order valence-corrected chi connectivity index (χ4v) is 3.84. The first-order valence-electron chi connectivity index (χ1n) is 9.10. The van der Waals surface area contributed by atoms with E-state index < -0.39 is 0 Å². The van der Waals surface area contributed by atoms with Gasteiger partial charge in [-0.05, 0) is 49.3 Å². The van der Waals surface area contributed by atoms with Crippen molar-refractivity contribution in [3.8, 4) is 0 Å². The van der Waals surface area contributed by atoms with Gasteiger partial charge in [0.1, 0.15) is 0 Å². The number of amides is 1. The van der Waals surface area contributed by atoms with Crippen LogP contribution < -0.4 is 0 Å². The number of fused-ring (bicyclic) bond motifs is 1. The van der Waals surface area contributed by atoms with Crippen molar-refractivity contribution in [2.45, 2.75) is 47.0 Å². The van der Waals surface area contributed by atoms with Gasteiger partial charge in [0.2, 0.25) is 0 Å². The van der Waals surface area contributed by atoms with Crippen molar-refractivity contribution in [3.05, 3.63) is 35.2 Å². The predicted octanol–water partition coefficient (Wildman–Crippen LogP) is 3.87. The molecule has 0 unspecified atom stereocenters. The smallest absolute Gasteiger partial charge is 0.253 e. The third-order valence-corrected chi connectivity index (χ3v) is 4.89. The average molecular weight is 325 g/mol. The molecule has 1 aromatic heterocycles. The lowest BCUT2D eigenvalue weighted by molar-refractivity contribution is 0.0623. The van der Waals surface area contributed by atoms with Crippen molar-refractivity contribution < 1.29 is 4.79 Å². The maximum Gasteiger partial charge on any atom is 0.253 e. The SMILES string of the molecule is CCc1nc2ccc(C(=O)N3C[C@H](C)C[C@@H](C)C3)cc2nc1CC. The first kappa shape index (κ1) is 16.9. The normalized spacial score (nSPS) is 21.2. The molecule has 1 fully saturated rings. The number of nitrogens with zero attached hydrogens (tertiary/aromatic N) is 3. The van der Waals surface area contributed by atoms with Gasteiger partial charge in [0.25, 0.3) is 5.91 Å². The molecule has 4 nitrogen and oxygen atoms in total. The molecule has 0 aliphatic carbocycles. The van der Waals surface area contributed by atoms with Gasteiger partial charge in [0.15, 0.2) is 0 Å². The summed E-state index contributed by atoms with van der Waals surface area (Å²) in [5, 5.41) is 0. The Morgan fingerprint density at radius 2 is 1.62 bits per heavy atom. The number of benzene rings is 1. The van der Waals surface area contributed by atoms with Crippen molar-refractivity contribution in [2.24, 2.45) is 11.8 Å². The molecular weight excluding hydrogens is 298 g/mol. The second-order valence-electron chi connectivity index (χ2n) is 7.18. The summed E-state index contributed by atoms with van der Waals surface area (Å²) in [5.74, 6) is 1.25. The van der Waals surface area contributed by atoms with E-state index >= 15 is 0 Å². The summed E-state index contributed by atoms with van der Waals surface area (Å²) in [6, 6.07) is 5.74. The standard InChI is InChI=1S/C20H27N3O/c1-5-16-17(6-2)22-19-10-15(7-8-18(19)21-16)20(24)23-11-13(3)9-14(4)12-23/h7-8,10,13-14H,5-6,9,11-12H2,1-4H3/t13-,14-/m1/s1. The molecule has 0 bridgehead atoms. The molecule has 1 saturated heterocycles. The van der Waals surface area contributed by atoms with E-state index in [-0.39, 0.29) is 5.91 Å². The average Bonchev–Trinajstić information content (AvgIpc) is 2.58. The van der Waals surface area contributed by atoms with Crippen molar-refractivity contribution in [1.82, 2.24) is 14.9 Å². The predicted molar refractivity (Wildman–Crippen MR) is 97.1 cm³/mol. The fraction of sp³-hybridized carbons (Fsp3) is 0.550. The lowest BCUT2D eigenvalue weighted by atomic mass is 9.91. The Morgan fingerprint density at radius 3 is 2.21 bits per heavy atom. The zero-order chi connectivity index (χ0) is 17.3. The highest BCUT2D eigenvalue weighted by Crippen LogP contribution is 2.23. The number of hydrogen-bond donors (Lipinski definition) is 0. The molecular formula is C20H27N3O. The summed E-state index contributed by atoms with van der Waals surface area (Å²) in [6.07, 6.45) is 2.95. The minimum Gasteiger partial charge on any atom is -0.338 e. The number of rotatable bonds is 3. The lowest BCUT2D eigenvalue weighted by Gasteiger charge is -2.35. The van der Waals surface area contributed by atoms with Gasteiger partial charge in [-0.1, -0.05) is 27.7 Å². The maximum absolute atomic E-state index is 12.9. The van der Waals surface area contributed by atoms with E-state index in [4.69, 9.17) is 9.97 Å². The molecule has 128 valence electrons. The van der Waals surface area contributed by atoms with Gasteiger partial charge in [-0.15, -0.1) is 0 Å². The Bertz CT molecular complexity index is 746. The van der Waals surface area contributed by atoms with Crippen LogP contribution in [0.1, 0.15) is 55.9 Å². The number of aromatic nitrogens is 2. The zero-order valence-corrected chi connectivity index (χ0v) is 15.2. The molecule has 1 aromatic carbocycles. The molecule has 0 N–H and O–H groups in total. The van der Waals surface area contributed by atoms with Gasteiger partial charge < -0.3 is 4.90 Å².